The van der Waals surface area contributed by atoms with Crippen LogP contribution in [0.15, 0.2) is 6.07 Å². The fourth-order valence-corrected chi connectivity index (χ4v) is 2.03. The molecule has 0 saturated carbocycles. The maximum absolute atomic E-state index is 5.42. The molecule has 0 amide bonds. The van der Waals surface area contributed by atoms with Crippen molar-refractivity contribution in [1.82, 2.24) is 9.88 Å². The Kier molecular flexibility index (Phi) is 7.79. The lowest BCUT2D eigenvalue weighted by atomic mass is 10.2. The van der Waals surface area contributed by atoms with Gasteiger partial charge < -0.3 is 19.4 Å². The van der Waals surface area contributed by atoms with Gasteiger partial charge in [0.25, 0.3) is 0 Å². The van der Waals surface area contributed by atoms with Gasteiger partial charge in [0.1, 0.15) is 0 Å². The Bertz CT molecular complexity index is 361. The van der Waals surface area contributed by atoms with Gasteiger partial charge >= 0.3 is 0 Å². The van der Waals surface area contributed by atoms with Gasteiger partial charge in [-0.25, -0.2) is 0 Å². The van der Waals surface area contributed by atoms with Gasteiger partial charge in [-0.3, -0.25) is 0 Å². The zero-order chi connectivity index (χ0) is 14.1. The Morgan fingerprint density at radius 1 is 1.16 bits per heavy atom. The van der Waals surface area contributed by atoms with Crippen LogP contribution < -0.4 is 5.32 Å². The highest BCUT2D eigenvalue weighted by atomic mass is 16.5. The van der Waals surface area contributed by atoms with Crippen molar-refractivity contribution in [1.29, 1.82) is 0 Å². The summed E-state index contributed by atoms with van der Waals surface area (Å²) in [5.41, 5.74) is 4.07. The zero-order valence-electron chi connectivity index (χ0n) is 12.8. The highest BCUT2D eigenvalue weighted by Gasteiger charge is 2.04. The van der Waals surface area contributed by atoms with Gasteiger partial charge in [-0.05, 0) is 44.9 Å². The Balaban J connectivity index is 2.03. The van der Waals surface area contributed by atoms with E-state index >= 15 is 0 Å². The summed E-state index contributed by atoms with van der Waals surface area (Å²) in [7, 11) is 3.81. The van der Waals surface area contributed by atoms with Crippen molar-refractivity contribution >= 4 is 0 Å². The minimum absolute atomic E-state index is 0.685. The maximum atomic E-state index is 5.42. The molecular weight excluding hydrogens is 240 g/mol. The van der Waals surface area contributed by atoms with Gasteiger partial charge in [0.05, 0.1) is 13.2 Å². The molecular formula is C15H28N2O2. The van der Waals surface area contributed by atoms with Crippen LogP contribution in [0.2, 0.25) is 0 Å². The van der Waals surface area contributed by atoms with Crippen LogP contribution in [0.5, 0.6) is 0 Å². The number of aromatic nitrogens is 1. The van der Waals surface area contributed by atoms with Gasteiger partial charge in [-0.1, -0.05) is 0 Å². The summed E-state index contributed by atoms with van der Waals surface area (Å²) < 4.78 is 12.6. The molecule has 0 aromatic carbocycles. The summed E-state index contributed by atoms with van der Waals surface area (Å²) in [6.45, 7) is 8.53. The van der Waals surface area contributed by atoms with E-state index in [-0.39, 0.29) is 0 Å². The molecule has 110 valence electrons. The molecule has 19 heavy (non-hydrogen) atoms. The topological polar surface area (TPSA) is 35.4 Å². The van der Waals surface area contributed by atoms with E-state index in [0.717, 1.165) is 32.5 Å². The second-order valence-electron chi connectivity index (χ2n) is 4.94. The Hall–Kier alpha value is -0.840. The number of hydrogen-bond donors (Lipinski definition) is 1. The van der Waals surface area contributed by atoms with Crippen LogP contribution in [0.25, 0.3) is 0 Å². The second-order valence-corrected chi connectivity index (χ2v) is 4.94. The average molecular weight is 268 g/mol. The molecule has 4 nitrogen and oxygen atoms in total. The smallest absolute Gasteiger partial charge is 0.0700 e. The van der Waals surface area contributed by atoms with Gasteiger partial charge in [-0.15, -0.1) is 0 Å². The lowest BCUT2D eigenvalue weighted by Crippen LogP contribution is -2.16. The third-order valence-electron chi connectivity index (χ3n) is 3.52. The monoisotopic (exact) mass is 268 g/mol. The standard InChI is InChI=1S/C15H28N2O2/c1-13-11-15(14(2)17(13)3)12-16-7-5-6-8-19-10-9-18-4/h11,16H,5-10,12H2,1-4H3. The van der Waals surface area contributed by atoms with E-state index in [0.29, 0.717) is 13.2 Å². The predicted molar refractivity (Wildman–Crippen MR) is 78.5 cm³/mol. The van der Waals surface area contributed by atoms with Gasteiger partial charge in [0, 0.05) is 38.7 Å². The van der Waals surface area contributed by atoms with Crippen molar-refractivity contribution < 1.29 is 9.47 Å². The lowest BCUT2D eigenvalue weighted by Gasteiger charge is -2.06. The SMILES string of the molecule is COCCOCCCCNCc1cc(C)n(C)c1C. The van der Waals surface area contributed by atoms with Crippen molar-refractivity contribution in [3.8, 4) is 0 Å². The molecule has 0 aliphatic heterocycles. The Morgan fingerprint density at radius 2 is 1.95 bits per heavy atom. The highest BCUT2D eigenvalue weighted by Crippen LogP contribution is 2.12. The number of hydrogen-bond acceptors (Lipinski definition) is 3. The van der Waals surface area contributed by atoms with Crippen LogP contribution >= 0.6 is 0 Å². The average Bonchev–Trinajstić information content (AvgIpc) is 2.64. The molecule has 1 rings (SSSR count). The van der Waals surface area contributed by atoms with Crippen LogP contribution in [0.4, 0.5) is 0 Å². The molecule has 1 N–H and O–H groups in total. The number of nitrogens with zero attached hydrogens (tertiary/aromatic N) is 1. The third-order valence-corrected chi connectivity index (χ3v) is 3.52. The molecule has 0 unspecified atom stereocenters. The van der Waals surface area contributed by atoms with Crippen LogP contribution in [0.1, 0.15) is 29.8 Å². The molecule has 0 atom stereocenters. The van der Waals surface area contributed by atoms with Crippen molar-refractivity contribution in [2.45, 2.75) is 33.2 Å². The summed E-state index contributed by atoms with van der Waals surface area (Å²) >= 11 is 0. The summed E-state index contributed by atoms with van der Waals surface area (Å²) in [5, 5.41) is 3.49. The van der Waals surface area contributed by atoms with E-state index in [1.807, 2.05) is 0 Å². The van der Waals surface area contributed by atoms with E-state index in [9.17, 15) is 0 Å². The van der Waals surface area contributed by atoms with Crippen LogP contribution in [0.3, 0.4) is 0 Å². The fourth-order valence-electron chi connectivity index (χ4n) is 2.03. The number of nitrogens with one attached hydrogen (secondary N) is 1. The predicted octanol–water partition coefficient (Wildman–Crippen LogP) is 2.17. The first-order valence-electron chi connectivity index (χ1n) is 7.06. The molecule has 1 heterocycles. The number of unbranched alkanes of at least 4 members (excludes halogenated alkanes) is 1. The molecule has 4 heteroatoms. The highest BCUT2D eigenvalue weighted by molar-refractivity contribution is 5.26. The molecule has 0 spiro atoms. The number of rotatable bonds is 10. The first kappa shape index (κ1) is 16.2. The fraction of sp³-hybridized carbons (Fsp3) is 0.733. The molecule has 0 fully saturated rings. The van der Waals surface area contributed by atoms with E-state index in [1.54, 1.807) is 7.11 Å². The first-order valence-corrected chi connectivity index (χ1v) is 7.06. The minimum atomic E-state index is 0.685. The van der Waals surface area contributed by atoms with Crippen LogP contribution in [0, 0.1) is 13.8 Å². The van der Waals surface area contributed by atoms with E-state index in [4.69, 9.17) is 9.47 Å². The van der Waals surface area contributed by atoms with E-state index in [2.05, 4.69) is 36.8 Å². The summed E-state index contributed by atoms with van der Waals surface area (Å²) in [4.78, 5) is 0. The maximum Gasteiger partial charge on any atom is 0.0700 e. The summed E-state index contributed by atoms with van der Waals surface area (Å²) in [6, 6.07) is 2.26. The number of ether oxygens (including phenoxy) is 2. The van der Waals surface area contributed by atoms with Crippen LogP contribution in [-0.2, 0) is 23.1 Å². The number of aryl methyl sites for hydroxylation is 1. The Morgan fingerprint density at radius 3 is 2.58 bits per heavy atom. The summed E-state index contributed by atoms with van der Waals surface area (Å²) in [5.74, 6) is 0. The molecule has 0 radical (unpaired) electrons. The molecule has 1 aromatic heterocycles. The molecule has 1 aromatic rings. The first-order chi connectivity index (χ1) is 9.16. The van der Waals surface area contributed by atoms with Crippen molar-refractivity contribution in [2.24, 2.45) is 7.05 Å². The molecule has 0 aliphatic carbocycles. The Labute approximate surface area is 117 Å². The van der Waals surface area contributed by atoms with E-state index in [1.165, 1.54) is 17.0 Å². The quantitative estimate of drug-likeness (QED) is 0.661. The van der Waals surface area contributed by atoms with Crippen molar-refractivity contribution in [2.75, 3.05) is 33.5 Å². The van der Waals surface area contributed by atoms with Crippen LogP contribution in [-0.4, -0.2) is 38.0 Å². The van der Waals surface area contributed by atoms with Crippen molar-refractivity contribution in [3.63, 3.8) is 0 Å². The summed E-state index contributed by atoms with van der Waals surface area (Å²) in [6.07, 6.45) is 2.25. The largest absolute Gasteiger partial charge is 0.382 e. The normalized spacial score (nSPS) is 11.2. The molecule has 0 bridgehead atoms. The van der Waals surface area contributed by atoms with E-state index < -0.39 is 0 Å². The lowest BCUT2D eigenvalue weighted by molar-refractivity contribution is 0.0688. The second kappa shape index (κ2) is 9.13. The van der Waals surface area contributed by atoms with Crippen molar-refractivity contribution in [3.05, 3.63) is 23.0 Å². The third kappa shape index (κ3) is 5.76. The number of methoxy groups -OCH3 is 1. The van der Waals surface area contributed by atoms with Gasteiger partial charge in [-0.2, -0.15) is 0 Å². The van der Waals surface area contributed by atoms with Gasteiger partial charge in [0.15, 0.2) is 0 Å². The minimum Gasteiger partial charge on any atom is -0.382 e. The zero-order valence-corrected chi connectivity index (χ0v) is 12.8. The molecule has 0 saturated heterocycles. The molecule has 0 aliphatic rings. The van der Waals surface area contributed by atoms with Gasteiger partial charge in [0.2, 0.25) is 0 Å².